The topological polar surface area (TPSA) is 96.3 Å². The molecule has 0 aromatic heterocycles. The lowest BCUT2D eigenvalue weighted by Crippen LogP contribution is -2.28. The predicted molar refractivity (Wildman–Crippen MR) is 113 cm³/mol. The molecule has 3 rings (SSSR count). The van der Waals surface area contributed by atoms with Crippen molar-refractivity contribution in [2.45, 2.75) is 19.8 Å². The number of carbonyl (C=O) groups is 3. The van der Waals surface area contributed by atoms with E-state index in [1.54, 1.807) is 12.1 Å². The predicted octanol–water partition coefficient (Wildman–Crippen LogP) is 3.90. The second kappa shape index (κ2) is 9.34. The van der Waals surface area contributed by atoms with Gasteiger partial charge in [0, 0.05) is 5.57 Å². The fraction of sp³-hybridized carbons (Fsp3) is 0.217. The number of carboxylic acid groups (broad SMARTS) is 1. The van der Waals surface area contributed by atoms with E-state index in [0.29, 0.717) is 28.9 Å². The first-order valence-electron chi connectivity index (χ1n) is 9.63. The number of hydrazone groups is 1. The van der Waals surface area contributed by atoms with Gasteiger partial charge in [-0.15, -0.1) is 0 Å². The molecule has 0 aliphatic carbocycles. The van der Waals surface area contributed by atoms with Crippen molar-refractivity contribution in [3.63, 3.8) is 0 Å². The number of carbonyl (C=O) groups excluding carboxylic acids is 2. The number of ether oxygens (including phenoxy) is 1. The maximum absolute atomic E-state index is 13.2. The Morgan fingerprint density at radius 3 is 2.35 bits per heavy atom. The largest absolute Gasteiger partial charge is 0.478 e. The Labute approximate surface area is 178 Å². The molecule has 160 valence electrons. The van der Waals surface area contributed by atoms with Crippen LogP contribution in [-0.4, -0.2) is 35.8 Å². The minimum atomic E-state index is -1.15. The van der Waals surface area contributed by atoms with Crippen molar-refractivity contribution in [2.75, 3.05) is 12.1 Å². The molecule has 2 aromatic carbocycles. The lowest BCUT2D eigenvalue weighted by atomic mass is 9.92. The number of rotatable bonds is 7. The lowest BCUT2D eigenvalue weighted by Gasteiger charge is -2.15. The monoisotopic (exact) mass is 424 g/mol. The number of halogens is 1. The molecule has 8 heteroatoms. The number of nitrogens with zero attached hydrogens (tertiary/aromatic N) is 2. The van der Waals surface area contributed by atoms with E-state index in [1.165, 1.54) is 54.6 Å². The standard InChI is InChI=1S/C23H21FN2O5/c1-3-20-19(21(27)26(25-20)18-10-8-17(24)9-11-18)13-16(22(28)29)12-14-4-6-15(7-5-14)23(30)31-2/h4-12,19H,3,13H2,1-2H3,(H,28,29). The number of esters is 1. The van der Waals surface area contributed by atoms with Gasteiger partial charge in [-0.05, 0) is 60.9 Å². The summed E-state index contributed by atoms with van der Waals surface area (Å²) in [5.74, 6) is -3.17. The van der Waals surface area contributed by atoms with Crippen LogP contribution in [0.5, 0.6) is 0 Å². The molecule has 1 aliphatic heterocycles. The van der Waals surface area contributed by atoms with Gasteiger partial charge in [0.2, 0.25) is 0 Å². The Bertz CT molecular complexity index is 1060. The summed E-state index contributed by atoms with van der Waals surface area (Å²) in [5, 5.41) is 15.2. The van der Waals surface area contributed by atoms with Crippen molar-refractivity contribution >= 4 is 35.3 Å². The van der Waals surface area contributed by atoms with E-state index < -0.39 is 23.7 Å². The molecular formula is C23H21FN2O5. The molecular weight excluding hydrogens is 403 g/mol. The Balaban J connectivity index is 1.85. The molecule has 0 bridgehead atoms. The van der Waals surface area contributed by atoms with E-state index in [4.69, 9.17) is 0 Å². The summed E-state index contributed by atoms with van der Waals surface area (Å²) in [6.07, 6.45) is 1.89. The smallest absolute Gasteiger partial charge is 0.337 e. The highest BCUT2D eigenvalue weighted by atomic mass is 19.1. The number of benzene rings is 2. The first-order chi connectivity index (χ1) is 14.8. The number of amides is 1. The number of methoxy groups -OCH3 is 1. The first kappa shape index (κ1) is 21.9. The van der Waals surface area contributed by atoms with Crippen LogP contribution in [0.1, 0.15) is 35.7 Å². The van der Waals surface area contributed by atoms with Crippen molar-refractivity contribution in [2.24, 2.45) is 11.0 Å². The normalized spacial score (nSPS) is 16.3. The van der Waals surface area contributed by atoms with E-state index in [0.717, 1.165) is 0 Å². The van der Waals surface area contributed by atoms with E-state index >= 15 is 0 Å². The van der Waals surface area contributed by atoms with Gasteiger partial charge in [0.15, 0.2) is 0 Å². The average molecular weight is 424 g/mol. The first-order valence-corrected chi connectivity index (χ1v) is 9.63. The van der Waals surface area contributed by atoms with Crippen LogP contribution in [0.3, 0.4) is 0 Å². The van der Waals surface area contributed by atoms with Crippen molar-refractivity contribution in [1.82, 2.24) is 0 Å². The summed E-state index contributed by atoms with van der Waals surface area (Å²) in [6, 6.07) is 11.6. The minimum Gasteiger partial charge on any atom is -0.478 e. The summed E-state index contributed by atoms with van der Waals surface area (Å²) in [4.78, 5) is 36.4. The average Bonchev–Trinajstić information content (AvgIpc) is 3.09. The highest BCUT2D eigenvalue weighted by molar-refractivity contribution is 6.16. The Morgan fingerprint density at radius 1 is 1.16 bits per heavy atom. The quantitative estimate of drug-likeness (QED) is 0.537. The molecule has 1 aliphatic rings. The van der Waals surface area contributed by atoms with Gasteiger partial charge in [-0.1, -0.05) is 19.1 Å². The highest BCUT2D eigenvalue weighted by Crippen LogP contribution is 2.29. The van der Waals surface area contributed by atoms with E-state index in [2.05, 4.69) is 9.84 Å². The molecule has 1 heterocycles. The van der Waals surface area contributed by atoms with E-state index in [9.17, 15) is 23.9 Å². The zero-order valence-corrected chi connectivity index (χ0v) is 17.0. The van der Waals surface area contributed by atoms with Gasteiger partial charge >= 0.3 is 11.9 Å². The molecule has 2 aromatic rings. The number of hydrogen-bond acceptors (Lipinski definition) is 5. The van der Waals surface area contributed by atoms with E-state index in [1.807, 2.05) is 6.92 Å². The Kier molecular flexibility index (Phi) is 6.59. The number of aliphatic carboxylic acids is 1. The molecule has 31 heavy (non-hydrogen) atoms. The molecule has 1 N–H and O–H groups in total. The third kappa shape index (κ3) is 4.85. The molecule has 1 atom stereocenters. The molecule has 7 nitrogen and oxygen atoms in total. The van der Waals surface area contributed by atoms with Crippen molar-refractivity contribution in [3.8, 4) is 0 Å². The SMILES string of the molecule is CCC1=NN(c2ccc(F)cc2)C(=O)C1CC(=Cc1ccc(C(=O)OC)cc1)C(=O)O. The minimum absolute atomic E-state index is 0.0336. The molecule has 0 saturated carbocycles. The fourth-order valence-electron chi connectivity index (χ4n) is 3.29. The Hall–Kier alpha value is -3.81. The second-order valence-electron chi connectivity index (χ2n) is 6.92. The number of anilines is 1. The lowest BCUT2D eigenvalue weighted by molar-refractivity contribution is -0.132. The summed E-state index contributed by atoms with van der Waals surface area (Å²) in [7, 11) is 1.28. The zero-order chi connectivity index (χ0) is 22.5. The highest BCUT2D eigenvalue weighted by Gasteiger charge is 2.37. The van der Waals surface area contributed by atoms with Gasteiger partial charge in [0.05, 0.1) is 30.0 Å². The van der Waals surface area contributed by atoms with Crippen LogP contribution >= 0.6 is 0 Å². The number of hydrogen-bond donors (Lipinski definition) is 1. The van der Waals surface area contributed by atoms with Gasteiger partial charge in [-0.25, -0.2) is 19.0 Å². The van der Waals surface area contributed by atoms with Crippen LogP contribution in [0.15, 0.2) is 59.2 Å². The van der Waals surface area contributed by atoms with Crippen LogP contribution in [0.2, 0.25) is 0 Å². The van der Waals surface area contributed by atoms with Crippen molar-refractivity contribution in [3.05, 3.63) is 71.0 Å². The maximum Gasteiger partial charge on any atom is 0.337 e. The van der Waals surface area contributed by atoms with Crippen LogP contribution in [0.4, 0.5) is 10.1 Å². The van der Waals surface area contributed by atoms with Crippen LogP contribution < -0.4 is 5.01 Å². The Morgan fingerprint density at radius 2 is 1.81 bits per heavy atom. The molecule has 1 unspecified atom stereocenters. The summed E-state index contributed by atoms with van der Waals surface area (Å²) in [6.45, 7) is 1.84. The summed E-state index contributed by atoms with van der Waals surface area (Å²) >= 11 is 0. The van der Waals surface area contributed by atoms with Crippen LogP contribution in [0, 0.1) is 11.7 Å². The van der Waals surface area contributed by atoms with Gasteiger partial charge in [-0.2, -0.15) is 5.10 Å². The molecule has 0 fully saturated rings. The van der Waals surface area contributed by atoms with Gasteiger partial charge in [0.25, 0.3) is 5.91 Å². The van der Waals surface area contributed by atoms with Crippen molar-refractivity contribution < 1.29 is 28.6 Å². The summed E-state index contributed by atoms with van der Waals surface area (Å²) < 4.78 is 17.9. The van der Waals surface area contributed by atoms with Gasteiger partial charge in [-0.3, -0.25) is 4.79 Å². The molecule has 1 amide bonds. The van der Waals surface area contributed by atoms with E-state index in [-0.39, 0.29) is 17.9 Å². The molecule has 0 spiro atoms. The third-order valence-electron chi connectivity index (χ3n) is 4.94. The fourth-order valence-corrected chi connectivity index (χ4v) is 3.29. The zero-order valence-electron chi connectivity index (χ0n) is 17.0. The van der Waals surface area contributed by atoms with Crippen molar-refractivity contribution in [1.29, 1.82) is 0 Å². The third-order valence-corrected chi connectivity index (χ3v) is 4.94. The number of carboxylic acids is 1. The molecule has 0 saturated heterocycles. The second-order valence-corrected chi connectivity index (χ2v) is 6.92. The maximum atomic E-state index is 13.2. The van der Waals surface area contributed by atoms with Gasteiger partial charge < -0.3 is 9.84 Å². The van der Waals surface area contributed by atoms with Gasteiger partial charge in [0.1, 0.15) is 5.82 Å². The van der Waals surface area contributed by atoms with Crippen LogP contribution in [-0.2, 0) is 14.3 Å². The summed E-state index contributed by atoms with van der Waals surface area (Å²) in [5.41, 5.74) is 1.92. The molecule has 0 radical (unpaired) electrons. The van der Waals surface area contributed by atoms with Crippen LogP contribution in [0.25, 0.3) is 6.08 Å².